The van der Waals surface area contributed by atoms with E-state index in [1.807, 2.05) is 0 Å². The van der Waals surface area contributed by atoms with E-state index in [2.05, 4.69) is 4.90 Å². The molecule has 5 nitrogen and oxygen atoms in total. The van der Waals surface area contributed by atoms with E-state index < -0.39 is 5.82 Å². The van der Waals surface area contributed by atoms with Gasteiger partial charge in [0, 0.05) is 44.6 Å². The molecule has 148 valence electrons. The highest BCUT2D eigenvalue weighted by molar-refractivity contribution is 5.94. The van der Waals surface area contributed by atoms with Gasteiger partial charge in [-0.1, -0.05) is 6.42 Å². The van der Waals surface area contributed by atoms with Gasteiger partial charge in [-0.25, -0.2) is 4.39 Å². The summed E-state index contributed by atoms with van der Waals surface area (Å²) in [5.41, 5.74) is 0.115. The molecule has 3 fully saturated rings. The maximum Gasteiger partial charge on any atom is 0.256 e. The van der Waals surface area contributed by atoms with Crippen molar-refractivity contribution in [1.29, 1.82) is 0 Å². The van der Waals surface area contributed by atoms with Crippen LogP contribution in [-0.4, -0.2) is 67.2 Å². The second-order valence-electron chi connectivity index (χ2n) is 7.86. The van der Waals surface area contributed by atoms with Crippen LogP contribution < -0.4 is 4.74 Å². The zero-order valence-electron chi connectivity index (χ0n) is 15.9. The summed E-state index contributed by atoms with van der Waals surface area (Å²) in [6.45, 7) is 4.68. The molecule has 0 bridgehead atoms. The van der Waals surface area contributed by atoms with Crippen LogP contribution in [0.4, 0.5) is 4.39 Å². The van der Waals surface area contributed by atoms with Crippen LogP contribution in [0.1, 0.15) is 48.9 Å². The molecule has 0 spiro atoms. The van der Waals surface area contributed by atoms with Crippen LogP contribution in [0.3, 0.4) is 0 Å². The van der Waals surface area contributed by atoms with E-state index in [-0.39, 0.29) is 17.6 Å². The average molecular weight is 376 g/mol. The van der Waals surface area contributed by atoms with Gasteiger partial charge in [0.15, 0.2) is 0 Å². The Labute approximate surface area is 160 Å². The van der Waals surface area contributed by atoms with Crippen LogP contribution in [-0.2, 0) is 4.74 Å². The molecule has 1 saturated carbocycles. The average Bonchev–Trinajstić information content (AvgIpc) is 2.94. The lowest BCUT2D eigenvalue weighted by Gasteiger charge is -2.44. The van der Waals surface area contributed by atoms with Crippen molar-refractivity contribution in [1.82, 2.24) is 9.80 Å². The smallest absolute Gasteiger partial charge is 0.256 e. The molecule has 1 aliphatic carbocycles. The third-order valence-electron chi connectivity index (χ3n) is 5.96. The highest BCUT2D eigenvalue weighted by Crippen LogP contribution is 2.32. The second kappa shape index (κ2) is 8.57. The summed E-state index contributed by atoms with van der Waals surface area (Å²) in [6.07, 6.45) is 6.90. The molecule has 2 saturated heterocycles. The molecule has 2 aliphatic heterocycles. The van der Waals surface area contributed by atoms with Gasteiger partial charge in [-0.15, -0.1) is 0 Å². The van der Waals surface area contributed by atoms with Crippen molar-refractivity contribution >= 4 is 5.91 Å². The van der Waals surface area contributed by atoms with Gasteiger partial charge < -0.3 is 19.3 Å². The Morgan fingerprint density at radius 2 is 1.85 bits per heavy atom. The number of nitrogens with zero attached hydrogens (tertiary/aromatic N) is 2. The van der Waals surface area contributed by atoms with E-state index in [1.54, 1.807) is 17.0 Å². The standard InChI is InChI=1S/C21H29FN2O3/c22-20-15-17(27-18-13-16(14-18)23-7-2-1-3-8-23)5-6-19(20)21(25)24-9-4-11-26-12-10-24/h5-6,15-16,18H,1-4,7-14H2. The van der Waals surface area contributed by atoms with Crippen LogP contribution in [0.15, 0.2) is 18.2 Å². The maximum absolute atomic E-state index is 14.5. The van der Waals surface area contributed by atoms with Gasteiger partial charge in [0.05, 0.1) is 12.2 Å². The van der Waals surface area contributed by atoms with Crippen molar-refractivity contribution in [2.24, 2.45) is 0 Å². The minimum atomic E-state index is -0.505. The SMILES string of the molecule is O=C(c1ccc(OC2CC(N3CCCCC3)C2)cc1F)N1CCCOCC1. The summed E-state index contributed by atoms with van der Waals surface area (Å²) >= 11 is 0. The largest absolute Gasteiger partial charge is 0.490 e. The number of ether oxygens (including phenoxy) is 2. The summed E-state index contributed by atoms with van der Waals surface area (Å²) in [4.78, 5) is 16.8. The second-order valence-corrected chi connectivity index (χ2v) is 7.86. The normalized spacial score (nSPS) is 26.9. The third kappa shape index (κ3) is 4.43. The lowest BCUT2D eigenvalue weighted by Crippen LogP contribution is -2.50. The number of hydrogen-bond acceptors (Lipinski definition) is 4. The first kappa shape index (κ1) is 18.7. The van der Waals surface area contributed by atoms with Crippen molar-refractivity contribution in [3.8, 4) is 5.75 Å². The molecule has 0 N–H and O–H groups in total. The number of likely N-dealkylation sites (tertiary alicyclic amines) is 1. The fraction of sp³-hybridized carbons (Fsp3) is 0.667. The molecule has 0 aromatic heterocycles. The van der Waals surface area contributed by atoms with E-state index >= 15 is 0 Å². The Morgan fingerprint density at radius 3 is 2.63 bits per heavy atom. The first-order valence-corrected chi connectivity index (χ1v) is 10.3. The number of carbonyl (C=O) groups is 1. The highest BCUT2D eigenvalue weighted by Gasteiger charge is 2.35. The molecular formula is C21H29FN2O3. The number of carbonyl (C=O) groups excluding carboxylic acids is 1. The van der Waals surface area contributed by atoms with E-state index in [0.717, 1.165) is 19.3 Å². The molecule has 2 heterocycles. The quantitative estimate of drug-likeness (QED) is 0.810. The van der Waals surface area contributed by atoms with Gasteiger partial charge in [-0.2, -0.15) is 0 Å². The maximum atomic E-state index is 14.5. The van der Waals surface area contributed by atoms with Crippen molar-refractivity contribution in [3.63, 3.8) is 0 Å². The fourth-order valence-corrected chi connectivity index (χ4v) is 4.27. The van der Waals surface area contributed by atoms with E-state index in [0.29, 0.717) is 38.1 Å². The lowest BCUT2D eigenvalue weighted by molar-refractivity contribution is 0.00878. The summed E-state index contributed by atoms with van der Waals surface area (Å²) in [5.74, 6) is -0.252. The van der Waals surface area contributed by atoms with Gasteiger partial charge >= 0.3 is 0 Å². The molecule has 1 aromatic carbocycles. The third-order valence-corrected chi connectivity index (χ3v) is 5.96. The van der Waals surface area contributed by atoms with Crippen LogP contribution in [0.25, 0.3) is 0 Å². The highest BCUT2D eigenvalue weighted by atomic mass is 19.1. The Bertz CT molecular complexity index is 649. The first-order chi connectivity index (χ1) is 13.2. The van der Waals surface area contributed by atoms with Crippen LogP contribution >= 0.6 is 0 Å². The monoisotopic (exact) mass is 376 g/mol. The van der Waals surface area contributed by atoms with Crippen molar-refractivity contribution in [2.45, 2.75) is 50.7 Å². The fourth-order valence-electron chi connectivity index (χ4n) is 4.27. The number of amides is 1. The van der Waals surface area contributed by atoms with E-state index in [1.165, 1.54) is 38.4 Å². The zero-order valence-corrected chi connectivity index (χ0v) is 15.9. The molecule has 27 heavy (non-hydrogen) atoms. The summed E-state index contributed by atoms with van der Waals surface area (Å²) < 4.78 is 25.8. The Kier molecular flexibility index (Phi) is 5.93. The predicted molar refractivity (Wildman–Crippen MR) is 101 cm³/mol. The number of benzene rings is 1. The Balaban J connectivity index is 1.31. The van der Waals surface area contributed by atoms with Crippen molar-refractivity contribution < 1.29 is 18.7 Å². The van der Waals surface area contributed by atoms with Crippen LogP contribution in [0.2, 0.25) is 0 Å². The molecule has 1 amide bonds. The van der Waals surface area contributed by atoms with Crippen LogP contribution in [0.5, 0.6) is 5.75 Å². The number of hydrogen-bond donors (Lipinski definition) is 0. The van der Waals surface area contributed by atoms with Gasteiger partial charge in [0.25, 0.3) is 5.91 Å². The molecule has 0 atom stereocenters. The summed E-state index contributed by atoms with van der Waals surface area (Å²) in [5, 5.41) is 0. The van der Waals surface area contributed by atoms with E-state index in [4.69, 9.17) is 9.47 Å². The minimum Gasteiger partial charge on any atom is -0.490 e. The van der Waals surface area contributed by atoms with Gasteiger partial charge in [0.1, 0.15) is 17.7 Å². The molecule has 4 rings (SSSR count). The number of piperidine rings is 1. The summed E-state index contributed by atoms with van der Waals surface area (Å²) in [6, 6.07) is 5.25. The first-order valence-electron chi connectivity index (χ1n) is 10.3. The molecule has 0 radical (unpaired) electrons. The molecule has 3 aliphatic rings. The predicted octanol–water partition coefficient (Wildman–Crippen LogP) is 3.08. The molecular weight excluding hydrogens is 347 g/mol. The Morgan fingerprint density at radius 1 is 1.04 bits per heavy atom. The van der Waals surface area contributed by atoms with Gasteiger partial charge in [-0.3, -0.25) is 4.79 Å². The Hall–Kier alpha value is -1.66. The van der Waals surface area contributed by atoms with Crippen LogP contribution in [0, 0.1) is 5.82 Å². The van der Waals surface area contributed by atoms with Crippen molar-refractivity contribution in [2.75, 3.05) is 39.4 Å². The topological polar surface area (TPSA) is 42.0 Å². The summed E-state index contributed by atoms with van der Waals surface area (Å²) in [7, 11) is 0. The minimum absolute atomic E-state index is 0.115. The lowest BCUT2D eigenvalue weighted by atomic mass is 9.86. The van der Waals surface area contributed by atoms with E-state index in [9.17, 15) is 9.18 Å². The molecule has 0 unspecified atom stereocenters. The van der Waals surface area contributed by atoms with Gasteiger partial charge in [-0.05, 0) is 44.5 Å². The molecule has 6 heteroatoms. The molecule has 1 aromatic rings. The number of halogens is 1. The van der Waals surface area contributed by atoms with Crippen molar-refractivity contribution in [3.05, 3.63) is 29.6 Å². The number of rotatable bonds is 4. The van der Waals surface area contributed by atoms with Gasteiger partial charge in [0.2, 0.25) is 0 Å². The zero-order chi connectivity index (χ0) is 18.6.